The van der Waals surface area contributed by atoms with Crippen LogP contribution in [0, 0.1) is 5.82 Å². The summed E-state index contributed by atoms with van der Waals surface area (Å²) < 4.78 is 13.0. The molecule has 2 rings (SSSR count). The minimum Gasteiger partial charge on any atom is -0.394 e. The van der Waals surface area contributed by atoms with Gasteiger partial charge < -0.3 is 15.2 Å². The fraction of sp³-hybridized carbons (Fsp3) is 0.385. The highest BCUT2D eigenvalue weighted by molar-refractivity contribution is 5.80. The van der Waals surface area contributed by atoms with E-state index in [0.717, 1.165) is 16.6 Å². The Bertz CT molecular complexity index is 527. The van der Waals surface area contributed by atoms with Gasteiger partial charge in [0.15, 0.2) is 0 Å². The van der Waals surface area contributed by atoms with E-state index < -0.39 is 6.10 Å². The highest BCUT2D eigenvalue weighted by Gasteiger charge is 2.09. The van der Waals surface area contributed by atoms with Crippen molar-refractivity contribution in [2.45, 2.75) is 12.6 Å². The highest BCUT2D eigenvalue weighted by Crippen LogP contribution is 2.17. The molecule has 0 aliphatic rings. The molecule has 98 valence electrons. The van der Waals surface area contributed by atoms with Crippen molar-refractivity contribution in [3.05, 3.63) is 35.8 Å². The number of aliphatic hydroxyl groups is 2. The molecule has 0 bridgehead atoms. The van der Waals surface area contributed by atoms with Gasteiger partial charge in [-0.1, -0.05) is 0 Å². The fourth-order valence-electron chi connectivity index (χ4n) is 2.02. The van der Waals surface area contributed by atoms with Gasteiger partial charge in [-0.3, -0.25) is 4.90 Å². The lowest BCUT2D eigenvalue weighted by atomic mass is 10.2. The van der Waals surface area contributed by atoms with Crippen LogP contribution >= 0.6 is 0 Å². The number of nitrogens with one attached hydrogen (secondary N) is 1. The van der Waals surface area contributed by atoms with E-state index >= 15 is 0 Å². The number of aromatic nitrogens is 1. The lowest BCUT2D eigenvalue weighted by Crippen LogP contribution is -2.31. The molecule has 3 N–H and O–H groups in total. The van der Waals surface area contributed by atoms with Crippen LogP contribution in [0.4, 0.5) is 4.39 Å². The number of H-pyrrole nitrogens is 1. The number of aliphatic hydroxyl groups excluding tert-OH is 2. The third-order valence-corrected chi connectivity index (χ3v) is 2.81. The summed E-state index contributed by atoms with van der Waals surface area (Å²) in [6, 6.07) is 6.50. The van der Waals surface area contributed by atoms with Gasteiger partial charge in [-0.05, 0) is 31.3 Å². The molecule has 0 amide bonds. The average molecular weight is 252 g/mol. The first-order chi connectivity index (χ1) is 8.58. The van der Waals surface area contributed by atoms with Crippen LogP contribution in [0.1, 0.15) is 5.69 Å². The van der Waals surface area contributed by atoms with Crippen molar-refractivity contribution < 1.29 is 14.6 Å². The molecule has 1 heterocycles. The van der Waals surface area contributed by atoms with Gasteiger partial charge in [-0.2, -0.15) is 0 Å². The SMILES string of the molecule is CN(Cc1cc2cc(F)ccc2[nH]1)C[C@H](O)CO. The molecular weight excluding hydrogens is 235 g/mol. The second kappa shape index (κ2) is 5.48. The maximum atomic E-state index is 13.0. The average Bonchev–Trinajstić information content (AvgIpc) is 2.69. The van der Waals surface area contributed by atoms with Crippen LogP contribution in [0.15, 0.2) is 24.3 Å². The zero-order valence-corrected chi connectivity index (χ0v) is 10.2. The molecule has 2 aromatic rings. The first-order valence-corrected chi connectivity index (χ1v) is 5.83. The Morgan fingerprint density at radius 1 is 1.39 bits per heavy atom. The molecule has 1 aromatic heterocycles. The van der Waals surface area contributed by atoms with E-state index in [1.54, 1.807) is 6.07 Å². The van der Waals surface area contributed by atoms with Crippen molar-refractivity contribution in [2.24, 2.45) is 0 Å². The van der Waals surface area contributed by atoms with Crippen LogP contribution in [-0.2, 0) is 6.54 Å². The quantitative estimate of drug-likeness (QED) is 0.746. The van der Waals surface area contributed by atoms with E-state index in [0.29, 0.717) is 13.1 Å². The molecule has 0 saturated carbocycles. The van der Waals surface area contributed by atoms with Gasteiger partial charge in [0.05, 0.1) is 12.7 Å². The Balaban J connectivity index is 2.07. The Labute approximate surface area is 105 Å². The molecule has 0 fully saturated rings. The third-order valence-electron chi connectivity index (χ3n) is 2.81. The summed E-state index contributed by atoms with van der Waals surface area (Å²) in [5, 5.41) is 18.9. The van der Waals surface area contributed by atoms with E-state index in [2.05, 4.69) is 4.98 Å². The smallest absolute Gasteiger partial charge is 0.123 e. The number of aromatic amines is 1. The third kappa shape index (κ3) is 3.07. The topological polar surface area (TPSA) is 59.5 Å². The summed E-state index contributed by atoms with van der Waals surface area (Å²) in [7, 11) is 1.85. The summed E-state index contributed by atoms with van der Waals surface area (Å²) in [5.74, 6) is -0.253. The summed E-state index contributed by atoms with van der Waals surface area (Å²) >= 11 is 0. The normalized spacial score (nSPS) is 13.4. The first-order valence-electron chi connectivity index (χ1n) is 5.83. The summed E-state index contributed by atoms with van der Waals surface area (Å²) in [4.78, 5) is 5.08. The number of rotatable bonds is 5. The van der Waals surface area contributed by atoms with Crippen molar-refractivity contribution in [3.8, 4) is 0 Å². The van der Waals surface area contributed by atoms with Gasteiger partial charge in [-0.25, -0.2) is 4.39 Å². The van der Waals surface area contributed by atoms with Crippen LogP contribution in [0.25, 0.3) is 10.9 Å². The molecule has 4 nitrogen and oxygen atoms in total. The zero-order valence-electron chi connectivity index (χ0n) is 10.2. The lowest BCUT2D eigenvalue weighted by Gasteiger charge is -2.18. The molecule has 0 aliphatic carbocycles. The number of likely N-dealkylation sites (N-methyl/N-ethyl adjacent to an activating group) is 1. The van der Waals surface area contributed by atoms with Crippen molar-refractivity contribution in [1.29, 1.82) is 0 Å². The number of hydrogen-bond donors (Lipinski definition) is 3. The van der Waals surface area contributed by atoms with Crippen LogP contribution < -0.4 is 0 Å². The molecule has 0 spiro atoms. The number of benzene rings is 1. The lowest BCUT2D eigenvalue weighted by molar-refractivity contribution is 0.0645. The molecule has 0 aliphatic heterocycles. The second-order valence-electron chi connectivity index (χ2n) is 4.56. The molecular formula is C13H17FN2O2. The Morgan fingerprint density at radius 2 is 2.17 bits per heavy atom. The molecule has 18 heavy (non-hydrogen) atoms. The van der Waals surface area contributed by atoms with Gasteiger partial charge in [0.2, 0.25) is 0 Å². The largest absolute Gasteiger partial charge is 0.394 e. The number of fused-ring (bicyclic) bond motifs is 1. The van der Waals surface area contributed by atoms with Gasteiger partial charge in [0.25, 0.3) is 0 Å². The fourth-order valence-corrected chi connectivity index (χ4v) is 2.02. The molecule has 0 unspecified atom stereocenters. The van der Waals surface area contributed by atoms with Crippen molar-refractivity contribution in [3.63, 3.8) is 0 Å². The predicted octanol–water partition coefficient (Wildman–Crippen LogP) is 1.09. The predicted molar refractivity (Wildman–Crippen MR) is 67.7 cm³/mol. The first kappa shape index (κ1) is 13.0. The number of hydrogen-bond acceptors (Lipinski definition) is 3. The van der Waals surface area contributed by atoms with Crippen molar-refractivity contribution in [1.82, 2.24) is 9.88 Å². The van der Waals surface area contributed by atoms with Crippen LogP contribution in [0.3, 0.4) is 0 Å². The van der Waals surface area contributed by atoms with E-state index in [-0.39, 0.29) is 12.4 Å². The van der Waals surface area contributed by atoms with E-state index in [1.807, 2.05) is 18.0 Å². The molecule has 1 aromatic carbocycles. The maximum Gasteiger partial charge on any atom is 0.123 e. The molecule has 0 radical (unpaired) electrons. The minimum absolute atomic E-state index is 0.248. The minimum atomic E-state index is -0.739. The summed E-state index contributed by atoms with van der Waals surface area (Å²) in [6.45, 7) is 0.746. The van der Waals surface area contributed by atoms with E-state index in [9.17, 15) is 9.50 Å². The molecule has 1 atom stereocenters. The van der Waals surface area contributed by atoms with Crippen LogP contribution in [0.2, 0.25) is 0 Å². The number of halogens is 1. The van der Waals surface area contributed by atoms with E-state index in [1.165, 1.54) is 12.1 Å². The molecule has 5 heteroatoms. The van der Waals surface area contributed by atoms with E-state index in [4.69, 9.17) is 5.11 Å². The van der Waals surface area contributed by atoms with Crippen molar-refractivity contribution in [2.75, 3.05) is 20.2 Å². The monoisotopic (exact) mass is 252 g/mol. The number of nitrogens with zero attached hydrogens (tertiary/aromatic N) is 1. The summed E-state index contributed by atoms with van der Waals surface area (Å²) in [6.07, 6.45) is -0.739. The molecule has 0 saturated heterocycles. The van der Waals surface area contributed by atoms with Gasteiger partial charge in [-0.15, -0.1) is 0 Å². The Hall–Kier alpha value is -1.43. The van der Waals surface area contributed by atoms with Gasteiger partial charge in [0, 0.05) is 29.7 Å². The standard InChI is InChI=1S/C13H17FN2O2/c1-16(7-12(18)8-17)6-11-5-9-4-10(14)2-3-13(9)15-11/h2-5,12,15,17-18H,6-8H2,1H3/t12-/m0/s1. The van der Waals surface area contributed by atoms with Gasteiger partial charge >= 0.3 is 0 Å². The second-order valence-corrected chi connectivity index (χ2v) is 4.56. The van der Waals surface area contributed by atoms with Gasteiger partial charge in [0.1, 0.15) is 5.82 Å². The Kier molecular flexibility index (Phi) is 3.96. The maximum absolute atomic E-state index is 13.0. The van der Waals surface area contributed by atoms with Crippen molar-refractivity contribution >= 4 is 10.9 Å². The summed E-state index contributed by atoms with van der Waals surface area (Å²) in [5.41, 5.74) is 1.84. The highest BCUT2D eigenvalue weighted by atomic mass is 19.1. The van der Waals surface area contributed by atoms with Crippen LogP contribution in [-0.4, -0.2) is 46.4 Å². The Morgan fingerprint density at radius 3 is 2.89 bits per heavy atom. The zero-order chi connectivity index (χ0) is 13.1. The van der Waals surface area contributed by atoms with Crippen LogP contribution in [0.5, 0.6) is 0 Å².